The van der Waals surface area contributed by atoms with Gasteiger partial charge >= 0.3 is 30.8 Å². The Morgan fingerprint density at radius 1 is 0.366 bits per heavy atom. The minimum Gasteiger partial charge on any atom is -0.396 e. The van der Waals surface area contributed by atoms with Crippen LogP contribution in [0.15, 0.2) is 14.3 Å². The van der Waals surface area contributed by atoms with E-state index >= 15 is 13.7 Å². The summed E-state index contributed by atoms with van der Waals surface area (Å²) in [5, 5.41) is 9.15. The lowest BCUT2D eigenvalue weighted by atomic mass is 10.1. The number of phosphoric ester groups is 1. The third kappa shape index (κ3) is 32.5. The first-order valence-corrected chi connectivity index (χ1v) is 46.3. The Morgan fingerprint density at radius 2 is 0.653 bits per heavy atom. The van der Waals surface area contributed by atoms with Gasteiger partial charge in [0.05, 0.1) is 71.2 Å². The summed E-state index contributed by atoms with van der Waals surface area (Å²) in [6.07, 6.45) is 37.4. The molecule has 30 heteroatoms. The molecule has 0 amide bonds. The number of morpholine rings is 3. The van der Waals surface area contributed by atoms with Crippen LogP contribution >= 0.6 is 30.8 Å². The maximum Gasteiger partial charge on any atom is 0.472 e. The maximum atomic E-state index is 16.3. The molecule has 0 spiro atoms. The zero-order chi connectivity index (χ0) is 72.5. The molecule has 0 bridgehead atoms. The van der Waals surface area contributed by atoms with E-state index in [9.17, 15) is 9.46 Å². The molecule has 0 aromatic rings. The summed E-state index contributed by atoms with van der Waals surface area (Å²) in [4.78, 5) is 23.5. The summed E-state index contributed by atoms with van der Waals surface area (Å²) in [6.45, 7) is 16.5. The molecular formula is C71H142N12O14P4. The summed E-state index contributed by atoms with van der Waals surface area (Å²) in [5.41, 5.74) is 0. The highest BCUT2D eigenvalue weighted by atomic mass is 31.2. The highest BCUT2D eigenvalue weighted by molar-refractivity contribution is 7.56. The fraction of sp³-hybridized carbons (Fsp3) is 0.958. The Kier molecular flexibility index (Phi) is 43.6. The molecule has 0 saturated carbocycles. The summed E-state index contributed by atoms with van der Waals surface area (Å²) < 4.78 is 131. The molecule has 6 fully saturated rings. The third-order valence-electron chi connectivity index (χ3n) is 20.3. The van der Waals surface area contributed by atoms with Crippen molar-refractivity contribution in [1.82, 2.24) is 43.4 Å². The van der Waals surface area contributed by atoms with Crippen molar-refractivity contribution in [1.29, 1.82) is 0 Å². The standard InChI is InChI=1S/C71H142N12O14P4/c1-8-12-15-18-21-24-27-30-33-38-43-78-49-46-75(5)69(78)72-98(85,93-11-4)81-52-57-90-66(60-81)63-95-99(86,73-70-76(6)47-50-79(70)44-39-34-31-28-25-22-19-16-13-9-2)82-53-58-91-67(61-82)64-96-100(87,74-71-77(7)48-51-80(71)45-40-35-32-29-26-23-20-17-14-10-3)83-54-59-92-68(62-83)65-97-101(88,89)94-56-42-37-36-41-55-84/h66-68,84H,8-65H2,1-7H3,(H,88,89)/t66-,67-,68-,98?,99?,100?/m0/s1. The van der Waals surface area contributed by atoms with Gasteiger partial charge in [-0.3, -0.25) is 18.1 Å². The molecule has 26 nitrogen and oxygen atoms in total. The van der Waals surface area contributed by atoms with Gasteiger partial charge in [-0.25, -0.2) is 32.3 Å². The van der Waals surface area contributed by atoms with Gasteiger partial charge in [-0.15, -0.1) is 0 Å². The van der Waals surface area contributed by atoms with E-state index < -0.39 is 49.1 Å². The van der Waals surface area contributed by atoms with E-state index in [1.54, 1.807) is 14.0 Å². The lowest BCUT2D eigenvalue weighted by Crippen LogP contribution is -2.46. The second kappa shape index (κ2) is 50.0. The molecular weight excluding hydrogens is 1370 g/mol. The van der Waals surface area contributed by atoms with Crippen molar-refractivity contribution in [2.24, 2.45) is 14.3 Å². The summed E-state index contributed by atoms with van der Waals surface area (Å²) in [7, 11) is -10.7. The fourth-order valence-corrected chi connectivity index (χ4v) is 20.6. The number of nitrogens with zero attached hydrogens (tertiary/aromatic N) is 12. The SMILES string of the molecule is CCCCCCCCCCCCN1CCN(C)C1=NP(=O)(OC[C@@H]1CN(P(=O)(N=C2N(C)CCN2CCCCCCCCCCCC)OC[C@@H]2CN(P(=O)(N=C3N(C)CCN3CCCCCCCCCCCC)OCC)CCO2)CCO1)N1CCO[C@H](COP(=O)(O)OCCCCCCO)C1. The van der Waals surface area contributed by atoms with Gasteiger partial charge in [0.25, 0.3) is 0 Å². The topological polar surface area (TPSA) is 249 Å². The predicted molar refractivity (Wildman–Crippen MR) is 408 cm³/mol. The van der Waals surface area contributed by atoms with E-state index in [1.807, 2.05) is 37.9 Å². The van der Waals surface area contributed by atoms with Crippen LogP contribution in [-0.4, -0.2) is 268 Å². The van der Waals surface area contributed by atoms with Crippen LogP contribution in [0.5, 0.6) is 0 Å². The highest BCUT2D eigenvalue weighted by Crippen LogP contribution is 2.58. The van der Waals surface area contributed by atoms with Crippen molar-refractivity contribution in [3.63, 3.8) is 0 Å². The zero-order valence-electron chi connectivity index (χ0n) is 64.2. The van der Waals surface area contributed by atoms with E-state index in [2.05, 4.69) is 40.4 Å². The Morgan fingerprint density at radius 3 is 0.970 bits per heavy atom. The average molecular weight is 1510 g/mol. The Hall–Kier alpha value is -1.79. The quantitative estimate of drug-likeness (QED) is 0.0424. The summed E-state index contributed by atoms with van der Waals surface area (Å²) in [5.74, 6) is 1.85. The van der Waals surface area contributed by atoms with E-state index in [-0.39, 0.29) is 92.2 Å². The number of unbranched alkanes of at least 4 members (excludes halogenated alkanes) is 30. The van der Waals surface area contributed by atoms with Crippen LogP contribution in [0, 0.1) is 0 Å². The van der Waals surface area contributed by atoms with Crippen molar-refractivity contribution >= 4 is 48.7 Å². The third-order valence-corrected chi connectivity index (χ3v) is 27.4. The zero-order valence-corrected chi connectivity index (χ0v) is 67.8. The van der Waals surface area contributed by atoms with Crippen molar-refractivity contribution in [2.45, 2.75) is 264 Å². The number of likely N-dealkylation sites (N-methyl/N-ethyl adjacent to an activating group) is 3. The van der Waals surface area contributed by atoms with Gasteiger partial charge in [0.2, 0.25) is 17.9 Å². The van der Waals surface area contributed by atoms with Crippen LogP contribution in [0.2, 0.25) is 0 Å². The Labute approximate surface area is 611 Å². The molecule has 0 aliphatic carbocycles. The molecule has 6 saturated heterocycles. The minimum absolute atomic E-state index is 0.0157. The summed E-state index contributed by atoms with van der Waals surface area (Å²) >= 11 is 0. The largest absolute Gasteiger partial charge is 0.472 e. The molecule has 6 aliphatic heterocycles. The van der Waals surface area contributed by atoms with Gasteiger partial charge < -0.3 is 58.1 Å². The molecule has 7 atom stereocenters. The predicted octanol–water partition coefficient (Wildman–Crippen LogP) is 14.7. The molecule has 0 aromatic heterocycles. The number of guanidine groups is 3. The Bertz CT molecular complexity index is 2540. The fourth-order valence-electron chi connectivity index (χ4n) is 14.0. The molecule has 101 heavy (non-hydrogen) atoms. The van der Waals surface area contributed by atoms with Gasteiger partial charge in [0, 0.05) is 126 Å². The number of hydrogen-bond donors (Lipinski definition) is 2. The number of phosphoric acid groups is 1. The molecule has 0 aromatic carbocycles. The van der Waals surface area contributed by atoms with Crippen molar-refractivity contribution in [3.05, 3.63) is 0 Å². The van der Waals surface area contributed by atoms with Crippen LogP contribution in [0.25, 0.3) is 0 Å². The van der Waals surface area contributed by atoms with Gasteiger partial charge in [-0.05, 0) is 39.0 Å². The van der Waals surface area contributed by atoms with Crippen LogP contribution in [0.4, 0.5) is 0 Å². The number of hydrogen-bond acceptors (Lipinski definition) is 13. The molecule has 0 radical (unpaired) electrons. The number of ether oxygens (including phenoxy) is 3. The van der Waals surface area contributed by atoms with E-state index in [0.29, 0.717) is 56.9 Å². The van der Waals surface area contributed by atoms with E-state index in [0.717, 1.165) is 97.1 Å². The first-order valence-electron chi connectivity index (χ1n) is 40.3. The maximum absolute atomic E-state index is 16.3. The van der Waals surface area contributed by atoms with Crippen LogP contribution in [-0.2, 0) is 55.1 Å². The van der Waals surface area contributed by atoms with E-state index in [4.69, 9.17) is 56.2 Å². The molecule has 6 aliphatic rings. The number of aliphatic hydroxyl groups is 1. The molecule has 2 N–H and O–H groups in total. The smallest absolute Gasteiger partial charge is 0.396 e. The van der Waals surface area contributed by atoms with Crippen LogP contribution in [0.1, 0.15) is 246 Å². The van der Waals surface area contributed by atoms with Gasteiger partial charge in [0.15, 0.2) is 0 Å². The van der Waals surface area contributed by atoms with Crippen molar-refractivity contribution in [3.8, 4) is 0 Å². The first-order chi connectivity index (χ1) is 49.0. The van der Waals surface area contributed by atoms with Crippen LogP contribution < -0.4 is 0 Å². The van der Waals surface area contributed by atoms with Gasteiger partial charge in [0.1, 0.15) is 0 Å². The van der Waals surface area contributed by atoms with Gasteiger partial charge in [-0.2, -0.15) is 14.3 Å². The highest BCUT2D eigenvalue weighted by Gasteiger charge is 2.45. The van der Waals surface area contributed by atoms with Crippen molar-refractivity contribution < 1.29 is 65.1 Å². The average Bonchev–Trinajstić information content (AvgIpc) is 1.77. The summed E-state index contributed by atoms with van der Waals surface area (Å²) in [6, 6.07) is 0. The normalized spacial score (nSPS) is 23.7. The molecule has 4 unspecified atom stereocenters. The molecule has 6 heterocycles. The second-order valence-electron chi connectivity index (χ2n) is 28.9. The second-order valence-corrected chi connectivity index (χ2v) is 36.4. The van der Waals surface area contributed by atoms with Gasteiger partial charge in [-0.1, -0.05) is 207 Å². The molecule has 590 valence electrons. The van der Waals surface area contributed by atoms with Crippen LogP contribution in [0.3, 0.4) is 0 Å². The Balaban J connectivity index is 1.20. The first kappa shape index (κ1) is 88.1. The molecule has 6 rings (SSSR count). The number of aliphatic hydroxyl groups excluding tert-OH is 1. The lowest BCUT2D eigenvalue weighted by Gasteiger charge is -2.39. The minimum atomic E-state index is -4.46. The van der Waals surface area contributed by atoms with E-state index in [1.165, 1.54) is 148 Å². The monoisotopic (exact) mass is 1510 g/mol. The number of rotatable bonds is 57. The lowest BCUT2D eigenvalue weighted by molar-refractivity contribution is -0.0466. The van der Waals surface area contributed by atoms with Crippen molar-refractivity contribution in [2.75, 3.05) is 179 Å².